The molecule has 2 aliphatic heterocycles. The predicted molar refractivity (Wildman–Crippen MR) is 190 cm³/mol. The van der Waals surface area contributed by atoms with E-state index < -0.39 is 38.0 Å². The third-order valence-corrected chi connectivity index (χ3v) is 10.0. The smallest absolute Gasteiger partial charge is 0.668 e. The maximum atomic E-state index is 13.5. The fraction of sp³-hybridized carbons (Fsp3) is 0.543. The van der Waals surface area contributed by atoms with Gasteiger partial charge in [0.05, 0.1) is 22.1 Å². The maximum Gasteiger partial charge on any atom is 1.00 e. The van der Waals surface area contributed by atoms with E-state index in [0.717, 1.165) is 0 Å². The first-order valence-corrected chi connectivity index (χ1v) is 20.4. The molecule has 0 unspecified atom stereocenters. The topological polar surface area (TPSA) is 107 Å². The molecule has 0 saturated carbocycles. The van der Waals surface area contributed by atoms with Crippen molar-refractivity contribution in [3.8, 4) is 0 Å². The van der Waals surface area contributed by atoms with Gasteiger partial charge < -0.3 is 14.5 Å². The summed E-state index contributed by atoms with van der Waals surface area (Å²) >= 11 is 11.3. The summed E-state index contributed by atoms with van der Waals surface area (Å²) < 4.78 is 36.7. The van der Waals surface area contributed by atoms with Crippen LogP contribution in [0.4, 0.5) is 18.4 Å². The van der Waals surface area contributed by atoms with Crippen LogP contribution >= 0.6 is 23.2 Å². The van der Waals surface area contributed by atoms with E-state index in [9.17, 15) is 28.0 Å². The Morgan fingerprint density at radius 1 is 0.840 bits per heavy atom. The van der Waals surface area contributed by atoms with E-state index in [-0.39, 0.29) is 84.3 Å². The molecule has 0 aliphatic carbocycles. The Hall–Kier alpha value is -2.47. The summed E-state index contributed by atoms with van der Waals surface area (Å²) in [6, 6.07) is 8.41. The van der Waals surface area contributed by atoms with Gasteiger partial charge in [-0.25, -0.2) is 28.2 Å². The van der Waals surface area contributed by atoms with E-state index in [0.29, 0.717) is 24.0 Å². The van der Waals surface area contributed by atoms with Crippen molar-refractivity contribution in [1.29, 1.82) is 0 Å². The summed E-state index contributed by atoms with van der Waals surface area (Å²) in [5.41, 5.74) is 1.33. The summed E-state index contributed by atoms with van der Waals surface area (Å²) in [6.45, 7) is 16.6. The molecule has 0 bridgehead atoms. The van der Waals surface area contributed by atoms with Gasteiger partial charge in [-0.05, 0) is 60.1 Å². The minimum Gasteiger partial charge on any atom is -0.668 e. The minimum atomic E-state index is -1.01. The Bertz CT molecular complexity index is 1480. The van der Waals surface area contributed by atoms with E-state index in [1.165, 1.54) is 34.1 Å². The first kappa shape index (κ1) is 45.6. The van der Waals surface area contributed by atoms with Gasteiger partial charge in [0.25, 0.3) is 0 Å². The number of carbonyl (C=O) groups is 4. The molecule has 9 nitrogen and oxygen atoms in total. The second kappa shape index (κ2) is 20.5. The van der Waals surface area contributed by atoms with Gasteiger partial charge in [0, 0.05) is 12.3 Å². The van der Waals surface area contributed by atoms with Crippen LogP contribution in [0.3, 0.4) is 0 Å². The SMILES string of the molecule is CC(C)[C@H]1COC(=O)N1C(=O)CCc1ccc(Cl)c(F)c1.CC(C)[C@H]1COC(=O)N1C(=O)[C@@H](C)Cc1ccc(Cl)c(F)c1.C[N-][Si](C)(C)C.[Li+]. The van der Waals surface area contributed by atoms with Crippen molar-refractivity contribution in [1.82, 2.24) is 9.80 Å². The van der Waals surface area contributed by atoms with E-state index in [1.54, 1.807) is 19.1 Å². The van der Waals surface area contributed by atoms with Gasteiger partial charge in [0.2, 0.25) is 11.8 Å². The maximum absolute atomic E-state index is 13.5. The van der Waals surface area contributed by atoms with Crippen molar-refractivity contribution in [3.63, 3.8) is 0 Å². The molecule has 4 amide bonds. The van der Waals surface area contributed by atoms with Crippen LogP contribution in [0, 0.1) is 29.4 Å². The third-order valence-electron chi connectivity index (χ3n) is 8.09. The van der Waals surface area contributed by atoms with Crippen LogP contribution in [0.5, 0.6) is 0 Å². The first-order chi connectivity index (χ1) is 22.8. The number of halogens is 4. The number of hydrogen-bond donors (Lipinski definition) is 0. The molecule has 15 heteroatoms. The zero-order valence-electron chi connectivity index (χ0n) is 30.7. The standard InChI is InChI=1S/C16H19ClFNO3.C15H17ClFNO3.C4H12NSi.Li/c1-9(2)14-8-22-16(21)19(14)15(20)10(3)6-11-4-5-12(17)13(18)7-11;1-9(2)13-8-21-15(20)18(13)14(19)6-4-10-3-5-11(16)12(17)7-10;1-5-6(2,3)4;/h4-5,7,9-10,14H,6,8H2,1-3H3;3,5,7,9,13H,4,6,8H2,1-2H3;1-4H3;/q;;-1;+1/t10-,14+;13-;;/m01../s1. The van der Waals surface area contributed by atoms with Crippen molar-refractivity contribution in [2.45, 2.75) is 85.6 Å². The fourth-order valence-electron chi connectivity index (χ4n) is 4.81. The van der Waals surface area contributed by atoms with Gasteiger partial charge >= 0.3 is 31.0 Å². The number of cyclic esters (lactones) is 2. The summed E-state index contributed by atoms with van der Waals surface area (Å²) in [5.74, 6) is -1.82. The molecule has 2 aromatic carbocycles. The molecular weight excluding hydrogens is 702 g/mol. The largest absolute Gasteiger partial charge is 1.00 e. The molecule has 2 heterocycles. The Balaban J connectivity index is 0.000000423. The van der Waals surface area contributed by atoms with Crippen LogP contribution in [-0.4, -0.2) is 74.4 Å². The molecular formula is C35H48Cl2F2LiN3O6Si. The van der Waals surface area contributed by atoms with Gasteiger partial charge in [0.1, 0.15) is 24.8 Å². The van der Waals surface area contributed by atoms with Crippen LogP contribution in [-0.2, 0) is 31.9 Å². The average molecular weight is 751 g/mol. The molecule has 2 fully saturated rings. The molecule has 3 atom stereocenters. The van der Waals surface area contributed by atoms with E-state index in [4.69, 9.17) is 32.7 Å². The Labute approximate surface area is 318 Å². The number of carbonyl (C=O) groups excluding carboxylic acids is 4. The van der Waals surface area contributed by atoms with Crippen molar-refractivity contribution in [3.05, 3.63) is 74.2 Å². The Morgan fingerprint density at radius 2 is 1.26 bits per heavy atom. The molecule has 0 N–H and O–H groups in total. The average Bonchev–Trinajstić information content (AvgIpc) is 3.62. The number of aryl methyl sites for hydroxylation is 1. The molecule has 0 aromatic heterocycles. The van der Waals surface area contributed by atoms with Gasteiger partial charge in [0.15, 0.2) is 0 Å². The van der Waals surface area contributed by atoms with Gasteiger partial charge in [-0.15, -0.1) is 0 Å². The minimum absolute atomic E-state index is 0. The first-order valence-electron chi connectivity index (χ1n) is 16.2. The van der Waals surface area contributed by atoms with E-state index in [1.807, 2.05) is 34.7 Å². The van der Waals surface area contributed by atoms with Crippen LogP contribution in [0.1, 0.15) is 52.2 Å². The van der Waals surface area contributed by atoms with E-state index >= 15 is 0 Å². The summed E-state index contributed by atoms with van der Waals surface area (Å²) in [4.78, 5) is 54.7. The molecule has 0 spiro atoms. The number of imide groups is 2. The number of hydrogen-bond acceptors (Lipinski definition) is 6. The van der Waals surface area contributed by atoms with E-state index in [2.05, 4.69) is 24.6 Å². The molecule has 2 aliphatic rings. The van der Waals surface area contributed by atoms with Gasteiger partial charge in [-0.2, -0.15) is 7.05 Å². The zero-order valence-corrected chi connectivity index (χ0v) is 33.2. The third kappa shape index (κ3) is 13.6. The molecule has 2 saturated heterocycles. The van der Waals surface area contributed by atoms with Gasteiger partial charge in [-0.1, -0.05) is 97.8 Å². The van der Waals surface area contributed by atoms with Crippen molar-refractivity contribution < 1.29 is 56.3 Å². The van der Waals surface area contributed by atoms with Gasteiger partial charge in [-0.3, -0.25) is 9.59 Å². The normalized spacial score (nSPS) is 17.7. The quantitative estimate of drug-likeness (QED) is 0.296. The number of nitrogens with zero attached hydrogens (tertiary/aromatic N) is 3. The summed E-state index contributed by atoms with van der Waals surface area (Å²) in [7, 11) is 0.889. The van der Waals surface area contributed by atoms with Crippen molar-refractivity contribution in [2.75, 3.05) is 20.3 Å². The number of rotatable bonds is 9. The number of ether oxygens (including phenoxy) is 2. The summed E-state index contributed by atoms with van der Waals surface area (Å²) in [6.07, 6.45) is -0.388. The monoisotopic (exact) mass is 749 g/mol. The summed E-state index contributed by atoms with van der Waals surface area (Å²) in [5, 5.41) is 0.0961. The number of benzene rings is 2. The molecule has 272 valence electrons. The number of amides is 4. The molecule has 0 radical (unpaired) electrons. The van der Waals surface area contributed by atoms with Crippen LogP contribution in [0.2, 0.25) is 29.7 Å². The molecule has 4 rings (SSSR count). The molecule has 2 aromatic rings. The zero-order chi connectivity index (χ0) is 37.2. The van der Waals surface area contributed by atoms with Crippen LogP contribution in [0.25, 0.3) is 4.98 Å². The van der Waals surface area contributed by atoms with Crippen LogP contribution < -0.4 is 18.9 Å². The second-order valence-electron chi connectivity index (χ2n) is 13.7. The molecule has 50 heavy (non-hydrogen) atoms. The fourth-order valence-corrected chi connectivity index (χ4v) is 5.04. The Morgan fingerprint density at radius 3 is 1.70 bits per heavy atom. The predicted octanol–water partition coefficient (Wildman–Crippen LogP) is 5.91. The Kier molecular flexibility index (Phi) is 18.7. The van der Waals surface area contributed by atoms with Crippen molar-refractivity contribution >= 4 is 55.4 Å². The second-order valence-corrected chi connectivity index (χ2v) is 19.3. The van der Waals surface area contributed by atoms with Crippen LogP contribution in [0.15, 0.2) is 36.4 Å². The van der Waals surface area contributed by atoms with Crippen molar-refractivity contribution in [2.24, 2.45) is 17.8 Å².